The SMILES string of the molecule is CCCN(c1cccc(F)c1CCl)C1CC1. The molecule has 0 bridgehead atoms. The van der Waals surface area contributed by atoms with E-state index < -0.39 is 0 Å². The highest BCUT2D eigenvalue weighted by Gasteiger charge is 2.30. The molecule has 1 fully saturated rings. The van der Waals surface area contributed by atoms with Gasteiger partial charge < -0.3 is 4.90 Å². The molecule has 2 rings (SSSR count). The average molecular weight is 242 g/mol. The highest BCUT2D eigenvalue weighted by molar-refractivity contribution is 6.17. The molecule has 16 heavy (non-hydrogen) atoms. The highest BCUT2D eigenvalue weighted by Crippen LogP contribution is 2.35. The van der Waals surface area contributed by atoms with Crippen LogP contribution in [0.5, 0.6) is 0 Å². The first-order valence-electron chi connectivity index (χ1n) is 5.88. The van der Waals surface area contributed by atoms with E-state index in [-0.39, 0.29) is 11.7 Å². The van der Waals surface area contributed by atoms with Crippen molar-refractivity contribution in [3.63, 3.8) is 0 Å². The lowest BCUT2D eigenvalue weighted by Gasteiger charge is -2.26. The third kappa shape index (κ3) is 2.32. The molecule has 3 heteroatoms. The van der Waals surface area contributed by atoms with Crippen LogP contribution in [-0.2, 0) is 5.88 Å². The molecule has 0 aromatic heterocycles. The second-order valence-corrected chi connectivity index (χ2v) is 4.56. The highest BCUT2D eigenvalue weighted by atomic mass is 35.5. The minimum atomic E-state index is -0.186. The zero-order valence-corrected chi connectivity index (χ0v) is 10.3. The van der Waals surface area contributed by atoms with Gasteiger partial charge in [0.05, 0.1) is 5.88 Å². The molecule has 0 N–H and O–H groups in total. The van der Waals surface area contributed by atoms with E-state index in [9.17, 15) is 4.39 Å². The monoisotopic (exact) mass is 241 g/mol. The molecule has 0 heterocycles. The van der Waals surface area contributed by atoms with Crippen molar-refractivity contribution in [1.29, 1.82) is 0 Å². The lowest BCUT2D eigenvalue weighted by molar-refractivity contribution is 0.614. The first-order valence-corrected chi connectivity index (χ1v) is 6.41. The van der Waals surface area contributed by atoms with E-state index in [0.717, 1.165) is 18.7 Å². The molecule has 1 aromatic rings. The zero-order chi connectivity index (χ0) is 11.5. The van der Waals surface area contributed by atoms with Crippen molar-refractivity contribution in [1.82, 2.24) is 0 Å². The molecule has 1 aliphatic rings. The van der Waals surface area contributed by atoms with Crippen LogP contribution in [0.15, 0.2) is 18.2 Å². The molecule has 0 amide bonds. The predicted molar refractivity (Wildman–Crippen MR) is 66.6 cm³/mol. The molecular weight excluding hydrogens is 225 g/mol. The smallest absolute Gasteiger partial charge is 0.129 e. The molecule has 88 valence electrons. The molecule has 1 saturated carbocycles. The van der Waals surface area contributed by atoms with Gasteiger partial charge in [0.2, 0.25) is 0 Å². The summed E-state index contributed by atoms with van der Waals surface area (Å²) in [5.74, 6) is 0.0591. The fraction of sp³-hybridized carbons (Fsp3) is 0.538. The average Bonchev–Trinajstić information content (AvgIpc) is 3.09. The largest absolute Gasteiger partial charge is 0.368 e. The summed E-state index contributed by atoms with van der Waals surface area (Å²) in [5, 5.41) is 0. The van der Waals surface area contributed by atoms with E-state index in [1.165, 1.54) is 18.9 Å². The van der Waals surface area contributed by atoms with Crippen molar-refractivity contribution < 1.29 is 4.39 Å². The lowest BCUT2D eigenvalue weighted by Crippen LogP contribution is -2.27. The molecular formula is C13H17ClFN. The maximum Gasteiger partial charge on any atom is 0.129 e. The number of anilines is 1. The summed E-state index contributed by atoms with van der Waals surface area (Å²) >= 11 is 5.84. The second kappa shape index (κ2) is 5.05. The van der Waals surface area contributed by atoms with Crippen LogP contribution in [0.1, 0.15) is 31.7 Å². The Morgan fingerprint density at radius 3 is 2.75 bits per heavy atom. The molecule has 1 aromatic carbocycles. The van der Waals surface area contributed by atoms with Gasteiger partial charge >= 0.3 is 0 Å². The van der Waals surface area contributed by atoms with E-state index >= 15 is 0 Å². The van der Waals surface area contributed by atoms with Crippen LogP contribution in [0, 0.1) is 5.82 Å². The minimum Gasteiger partial charge on any atom is -0.368 e. The van der Waals surface area contributed by atoms with Gasteiger partial charge in [0, 0.05) is 23.8 Å². The van der Waals surface area contributed by atoms with E-state index in [1.807, 2.05) is 6.07 Å². The maximum atomic E-state index is 13.6. The second-order valence-electron chi connectivity index (χ2n) is 4.30. The number of hydrogen-bond acceptors (Lipinski definition) is 1. The first-order chi connectivity index (χ1) is 7.77. The lowest BCUT2D eigenvalue weighted by atomic mass is 10.1. The van der Waals surface area contributed by atoms with Gasteiger partial charge in [0.1, 0.15) is 5.82 Å². The van der Waals surface area contributed by atoms with Gasteiger partial charge in [-0.15, -0.1) is 11.6 Å². The standard InChI is InChI=1S/C13H17ClFN/c1-2-8-16(10-6-7-10)13-5-3-4-12(15)11(13)9-14/h3-5,10H,2,6-9H2,1H3. The van der Waals surface area contributed by atoms with Crippen LogP contribution in [0.2, 0.25) is 0 Å². The van der Waals surface area contributed by atoms with Gasteiger partial charge in [-0.1, -0.05) is 13.0 Å². The van der Waals surface area contributed by atoms with Crippen molar-refractivity contribution in [2.75, 3.05) is 11.4 Å². The van der Waals surface area contributed by atoms with Crippen LogP contribution in [0.4, 0.5) is 10.1 Å². The molecule has 0 unspecified atom stereocenters. The Morgan fingerprint density at radius 2 is 2.19 bits per heavy atom. The Morgan fingerprint density at radius 1 is 1.44 bits per heavy atom. The van der Waals surface area contributed by atoms with Gasteiger partial charge in [-0.05, 0) is 31.4 Å². The van der Waals surface area contributed by atoms with Crippen molar-refractivity contribution in [3.05, 3.63) is 29.6 Å². The summed E-state index contributed by atoms with van der Waals surface area (Å²) in [4.78, 5) is 2.31. The van der Waals surface area contributed by atoms with E-state index in [2.05, 4.69) is 11.8 Å². The third-order valence-electron chi connectivity index (χ3n) is 2.99. The molecule has 0 aliphatic heterocycles. The van der Waals surface area contributed by atoms with Gasteiger partial charge in [0.25, 0.3) is 0 Å². The van der Waals surface area contributed by atoms with Crippen molar-refractivity contribution in [2.24, 2.45) is 0 Å². The van der Waals surface area contributed by atoms with Crippen LogP contribution >= 0.6 is 11.6 Å². The van der Waals surface area contributed by atoms with Crippen LogP contribution < -0.4 is 4.90 Å². The molecule has 1 nitrogen and oxygen atoms in total. The fourth-order valence-corrected chi connectivity index (χ4v) is 2.34. The summed E-state index contributed by atoms with van der Waals surface area (Å²) in [6.07, 6.45) is 3.52. The Bertz CT molecular complexity index is 363. The number of hydrogen-bond donors (Lipinski definition) is 0. The van der Waals surface area contributed by atoms with Gasteiger partial charge in [-0.3, -0.25) is 0 Å². The van der Waals surface area contributed by atoms with Crippen molar-refractivity contribution >= 4 is 17.3 Å². The number of nitrogens with zero attached hydrogens (tertiary/aromatic N) is 1. The molecule has 0 atom stereocenters. The Labute approximate surface area is 101 Å². The number of alkyl halides is 1. The van der Waals surface area contributed by atoms with Crippen molar-refractivity contribution in [3.8, 4) is 0 Å². The number of rotatable bonds is 5. The van der Waals surface area contributed by atoms with Crippen molar-refractivity contribution in [2.45, 2.75) is 38.1 Å². The minimum absolute atomic E-state index is 0.186. The fourth-order valence-electron chi connectivity index (χ4n) is 2.08. The predicted octanol–water partition coefficient (Wildman–Crippen LogP) is 3.94. The quantitative estimate of drug-likeness (QED) is 0.706. The van der Waals surface area contributed by atoms with E-state index in [4.69, 9.17) is 11.6 Å². The Balaban J connectivity index is 2.32. The summed E-state index contributed by atoms with van der Waals surface area (Å²) in [6.45, 7) is 3.13. The van der Waals surface area contributed by atoms with Gasteiger partial charge in [-0.25, -0.2) is 4.39 Å². The van der Waals surface area contributed by atoms with Crippen LogP contribution in [-0.4, -0.2) is 12.6 Å². The Kier molecular flexibility index (Phi) is 3.70. The van der Waals surface area contributed by atoms with E-state index in [1.54, 1.807) is 6.07 Å². The van der Waals surface area contributed by atoms with Crippen LogP contribution in [0.3, 0.4) is 0 Å². The summed E-state index contributed by atoms with van der Waals surface area (Å²) in [6, 6.07) is 5.84. The molecule has 1 aliphatic carbocycles. The summed E-state index contributed by atoms with van der Waals surface area (Å²) < 4.78 is 13.6. The summed E-state index contributed by atoms with van der Waals surface area (Å²) in [5.41, 5.74) is 1.63. The van der Waals surface area contributed by atoms with E-state index in [0.29, 0.717) is 11.6 Å². The molecule has 0 spiro atoms. The molecule has 0 saturated heterocycles. The maximum absolute atomic E-state index is 13.6. The summed E-state index contributed by atoms with van der Waals surface area (Å²) in [7, 11) is 0. The Hall–Kier alpha value is -0.760. The third-order valence-corrected chi connectivity index (χ3v) is 3.26. The number of benzene rings is 1. The number of halogens is 2. The zero-order valence-electron chi connectivity index (χ0n) is 9.55. The molecule has 0 radical (unpaired) electrons. The van der Waals surface area contributed by atoms with Crippen LogP contribution in [0.25, 0.3) is 0 Å². The van der Waals surface area contributed by atoms with Gasteiger partial charge in [0.15, 0.2) is 0 Å². The normalized spacial score (nSPS) is 15.2. The van der Waals surface area contributed by atoms with Gasteiger partial charge in [-0.2, -0.15) is 0 Å². The first kappa shape index (κ1) is 11.7. The topological polar surface area (TPSA) is 3.24 Å².